The Morgan fingerprint density at radius 2 is 1.90 bits per heavy atom. The Balaban J connectivity index is 0.00000220. The van der Waals surface area contributed by atoms with Crippen molar-refractivity contribution < 1.29 is 0 Å². The highest BCUT2D eigenvalue weighted by Gasteiger charge is 2.20. The second-order valence-electron chi connectivity index (χ2n) is 6.39. The number of hydrogen-bond acceptors (Lipinski definition) is 4. The highest BCUT2D eigenvalue weighted by molar-refractivity contribution is 5.85. The van der Waals surface area contributed by atoms with Crippen LogP contribution in [-0.2, 0) is 6.54 Å². The number of halogens is 1. The summed E-state index contributed by atoms with van der Waals surface area (Å²) in [6.07, 6.45) is 2.02. The molecule has 0 radical (unpaired) electrons. The molecule has 1 N–H and O–H groups in total. The van der Waals surface area contributed by atoms with Crippen LogP contribution in [-0.4, -0.2) is 48.1 Å². The van der Waals surface area contributed by atoms with E-state index in [0.29, 0.717) is 18.1 Å². The van der Waals surface area contributed by atoms with Crippen LogP contribution in [0.1, 0.15) is 33.3 Å². The largest absolute Gasteiger partial charge is 0.357 e. The zero-order valence-electron chi connectivity index (χ0n) is 13.8. The topological polar surface area (TPSA) is 31.4 Å². The number of nitrogens with zero attached hydrogens (tertiary/aromatic N) is 3. The van der Waals surface area contributed by atoms with Crippen molar-refractivity contribution >= 4 is 18.2 Å². The maximum absolute atomic E-state index is 4.59. The van der Waals surface area contributed by atoms with Gasteiger partial charge in [-0.3, -0.25) is 4.90 Å². The molecule has 0 saturated carbocycles. The molecular formula is C16H29ClN4. The van der Waals surface area contributed by atoms with Crippen molar-refractivity contribution in [3.8, 4) is 0 Å². The van der Waals surface area contributed by atoms with E-state index in [1.807, 2.05) is 6.20 Å². The molecule has 2 atom stereocenters. The van der Waals surface area contributed by atoms with Gasteiger partial charge in [0.25, 0.3) is 0 Å². The normalized spacial score (nSPS) is 23.0. The summed E-state index contributed by atoms with van der Waals surface area (Å²) in [6.45, 7) is 12.1. The van der Waals surface area contributed by atoms with Gasteiger partial charge in [0.2, 0.25) is 0 Å². The van der Waals surface area contributed by atoms with Crippen LogP contribution < -0.4 is 10.2 Å². The van der Waals surface area contributed by atoms with Gasteiger partial charge in [-0.2, -0.15) is 0 Å². The van der Waals surface area contributed by atoms with Gasteiger partial charge >= 0.3 is 0 Å². The average Bonchev–Trinajstić information content (AvgIpc) is 2.37. The SMILES string of the molecule is CC1CN(Cc2ccc(N(C)C(C)C)nc2)CC(C)N1.Cl. The molecule has 0 aromatic carbocycles. The highest BCUT2D eigenvalue weighted by atomic mass is 35.5. The Kier molecular flexibility index (Phi) is 6.91. The molecule has 2 rings (SSSR count). The summed E-state index contributed by atoms with van der Waals surface area (Å²) in [5, 5.41) is 3.57. The van der Waals surface area contributed by atoms with E-state index in [2.05, 4.69) is 67.0 Å². The maximum atomic E-state index is 4.59. The number of piperazine rings is 1. The van der Waals surface area contributed by atoms with Crippen LogP contribution in [0.2, 0.25) is 0 Å². The van der Waals surface area contributed by atoms with Crippen molar-refractivity contribution in [2.75, 3.05) is 25.0 Å². The molecule has 1 aliphatic rings. The van der Waals surface area contributed by atoms with Gasteiger partial charge in [-0.1, -0.05) is 6.07 Å². The van der Waals surface area contributed by atoms with Crippen LogP contribution in [0.3, 0.4) is 0 Å². The van der Waals surface area contributed by atoms with E-state index in [1.165, 1.54) is 5.56 Å². The molecule has 0 spiro atoms. The van der Waals surface area contributed by atoms with E-state index in [9.17, 15) is 0 Å². The van der Waals surface area contributed by atoms with Crippen LogP contribution in [0.4, 0.5) is 5.82 Å². The fourth-order valence-corrected chi connectivity index (χ4v) is 2.81. The predicted octanol–water partition coefficient (Wildman–Crippen LogP) is 2.53. The van der Waals surface area contributed by atoms with Gasteiger partial charge in [-0.05, 0) is 39.3 Å². The zero-order chi connectivity index (χ0) is 14.7. The first-order valence-corrected chi connectivity index (χ1v) is 7.62. The summed E-state index contributed by atoms with van der Waals surface area (Å²) in [6, 6.07) is 5.95. The number of hydrogen-bond donors (Lipinski definition) is 1. The Bertz CT molecular complexity index is 411. The minimum Gasteiger partial charge on any atom is -0.357 e. The first-order chi connectivity index (χ1) is 9.45. The lowest BCUT2D eigenvalue weighted by molar-refractivity contribution is 0.166. The predicted molar refractivity (Wildman–Crippen MR) is 92.4 cm³/mol. The minimum atomic E-state index is 0. The molecule has 0 amide bonds. The molecule has 4 nitrogen and oxygen atoms in total. The molecule has 2 heterocycles. The molecule has 1 aromatic heterocycles. The lowest BCUT2D eigenvalue weighted by Crippen LogP contribution is -2.53. The van der Waals surface area contributed by atoms with Crippen molar-refractivity contribution in [3.63, 3.8) is 0 Å². The molecule has 1 aromatic rings. The van der Waals surface area contributed by atoms with Gasteiger partial charge in [0, 0.05) is 51.0 Å². The number of anilines is 1. The summed E-state index contributed by atoms with van der Waals surface area (Å²) in [7, 11) is 2.09. The first-order valence-electron chi connectivity index (χ1n) is 7.62. The number of pyridine rings is 1. The van der Waals surface area contributed by atoms with Gasteiger partial charge in [-0.15, -0.1) is 12.4 Å². The third-order valence-electron chi connectivity index (χ3n) is 3.98. The maximum Gasteiger partial charge on any atom is 0.128 e. The van der Waals surface area contributed by atoms with Crippen LogP contribution >= 0.6 is 12.4 Å². The fraction of sp³-hybridized carbons (Fsp3) is 0.688. The van der Waals surface area contributed by atoms with Crippen molar-refractivity contribution in [2.45, 2.75) is 52.4 Å². The van der Waals surface area contributed by atoms with E-state index >= 15 is 0 Å². The number of aromatic nitrogens is 1. The van der Waals surface area contributed by atoms with Crippen molar-refractivity contribution in [1.29, 1.82) is 0 Å². The van der Waals surface area contributed by atoms with E-state index < -0.39 is 0 Å². The van der Waals surface area contributed by atoms with E-state index in [4.69, 9.17) is 0 Å². The molecule has 0 bridgehead atoms. The van der Waals surface area contributed by atoms with Gasteiger partial charge < -0.3 is 10.2 Å². The zero-order valence-corrected chi connectivity index (χ0v) is 14.7. The van der Waals surface area contributed by atoms with Crippen molar-refractivity contribution in [2.24, 2.45) is 0 Å². The third-order valence-corrected chi connectivity index (χ3v) is 3.98. The minimum absolute atomic E-state index is 0. The molecule has 1 aliphatic heterocycles. The molecule has 5 heteroatoms. The van der Waals surface area contributed by atoms with Gasteiger partial charge in [0.15, 0.2) is 0 Å². The molecule has 21 heavy (non-hydrogen) atoms. The molecular weight excluding hydrogens is 284 g/mol. The van der Waals surface area contributed by atoms with Gasteiger partial charge in [0.1, 0.15) is 5.82 Å². The summed E-state index contributed by atoms with van der Waals surface area (Å²) in [5.74, 6) is 1.05. The first kappa shape index (κ1) is 18.2. The molecule has 1 saturated heterocycles. The lowest BCUT2D eigenvalue weighted by Gasteiger charge is -2.36. The van der Waals surface area contributed by atoms with Gasteiger partial charge in [0.05, 0.1) is 0 Å². The molecule has 0 aliphatic carbocycles. The molecule has 120 valence electrons. The van der Waals surface area contributed by atoms with Crippen LogP contribution in [0.5, 0.6) is 0 Å². The number of rotatable bonds is 4. The van der Waals surface area contributed by atoms with Crippen LogP contribution in [0.15, 0.2) is 18.3 Å². The quantitative estimate of drug-likeness (QED) is 0.926. The fourth-order valence-electron chi connectivity index (χ4n) is 2.81. The Morgan fingerprint density at radius 1 is 1.29 bits per heavy atom. The Morgan fingerprint density at radius 3 is 2.38 bits per heavy atom. The monoisotopic (exact) mass is 312 g/mol. The standard InChI is InChI=1S/C16H28N4.ClH/c1-12(2)19(5)16-7-6-15(8-17-16)11-20-9-13(3)18-14(4)10-20;/h6-8,12-14,18H,9-11H2,1-5H3;1H. The molecule has 2 unspecified atom stereocenters. The van der Waals surface area contributed by atoms with Crippen molar-refractivity contribution in [1.82, 2.24) is 15.2 Å². The summed E-state index contributed by atoms with van der Waals surface area (Å²) in [5.41, 5.74) is 1.30. The summed E-state index contributed by atoms with van der Waals surface area (Å²) >= 11 is 0. The number of nitrogens with one attached hydrogen (secondary N) is 1. The molecule has 1 fully saturated rings. The second kappa shape index (κ2) is 7.97. The Hall–Kier alpha value is -0.840. The summed E-state index contributed by atoms with van der Waals surface area (Å²) < 4.78 is 0. The smallest absolute Gasteiger partial charge is 0.128 e. The third kappa shape index (κ3) is 5.13. The second-order valence-corrected chi connectivity index (χ2v) is 6.39. The lowest BCUT2D eigenvalue weighted by atomic mass is 10.1. The van der Waals surface area contributed by atoms with E-state index in [-0.39, 0.29) is 12.4 Å². The average molecular weight is 313 g/mol. The summed E-state index contributed by atoms with van der Waals surface area (Å²) in [4.78, 5) is 9.29. The Labute approximate surface area is 135 Å². The van der Waals surface area contributed by atoms with Crippen LogP contribution in [0.25, 0.3) is 0 Å². The highest BCUT2D eigenvalue weighted by Crippen LogP contribution is 2.14. The van der Waals surface area contributed by atoms with E-state index in [0.717, 1.165) is 25.5 Å². The van der Waals surface area contributed by atoms with Gasteiger partial charge in [-0.25, -0.2) is 4.98 Å². The van der Waals surface area contributed by atoms with Crippen LogP contribution in [0, 0.1) is 0 Å². The van der Waals surface area contributed by atoms with E-state index in [1.54, 1.807) is 0 Å². The van der Waals surface area contributed by atoms with Crippen molar-refractivity contribution in [3.05, 3.63) is 23.9 Å².